The smallest absolute Gasteiger partial charge is 0.241 e. The normalized spacial score (nSPS) is 20.0. The van der Waals surface area contributed by atoms with Crippen LogP contribution in [0.25, 0.3) is 0 Å². The van der Waals surface area contributed by atoms with Crippen LogP contribution in [0, 0.1) is 0 Å². The number of rotatable bonds is 6. The van der Waals surface area contributed by atoms with Crippen LogP contribution in [0.1, 0.15) is 25.5 Å². The number of nitrogens with zero attached hydrogens (tertiary/aromatic N) is 3. The van der Waals surface area contributed by atoms with E-state index in [0.717, 1.165) is 68.8 Å². The van der Waals surface area contributed by atoms with Crippen molar-refractivity contribution in [2.24, 2.45) is 0 Å². The largest absolute Gasteiger partial charge is 0.378 e. The second-order valence-corrected chi connectivity index (χ2v) is 8.99. The molecule has 0 bridgehead atoms. The average molecular weight is 457 g/mol. The summed E-state index contributed by atoms with van der Waals surface area (Å²) < 4.78 is 5.42. The van der Waals surface area contributed by atoms with Crippen LogP contribution in [0.4, 0.5) is 11.4 Å². The predicted molar refractivity (Wildman–Crippen MR) is 131 cm³/mol. The number of halogens is 1. The number of benzene rings is 2. The Morgan fingerprint density at radius 3 is 2.19 bits per heavy atom. The Balaban J connectivity index is 1.28. The Morgan fingerprint density at radius 2 is 1.53 bits per heavy atom. The lowest BCUT2D eigenvalue weighted by Crippen LogP contribution is -2.53. The molecule has 0 aliphatic carbocycles. The minimum atomic E-state index is -0.174. The number of morpholine rings is 1. The number of piperazine rings is 1. The minimum Gasteiger partial charge on any atom is -0.378 e. The van der Waals surface area contributed by atoms with Gasteiger partial charge in [-0.05, 0) is 49.7 Å². The van der Waals surface area contributed by atoms with E-state index in [2.05, 4.69) is 45.1 Å². The Morgan fingerprint density at radius 1 is 0.906 bits per heavy atom. The fourth-order valence-electron chi connectivity index (χ4n) is 4.51. The van der Waals surface area contributed by atoms with Crippen LogP contribution < -0.4 is 10.2 Å². The highest BCUT2D eigenvalue weighted by Crippen LogP contribution is 2.28. The number of ether oxygens (including phenoxy) is 1. The van der Waals surface area contributed by atoms with Crippen molar-refractivity contribution in [1.29, 1.82) is 0 Å². The second-order valence-electron chi connectivity index (χ2n) is 8.58. The van der Waals surface area contributed by atoms with Gasteiger partial charge in [0.1, 0.15) is 0 Å². The third kappa shape index (κ3) is 5.44. The first-order valence-corrected chi connectivity index (χ1v) is 11.9. The van der Waals surface area contributed by atoms with Gasteiger partial charge in [-0.1, -0.05) is 29.8 Å². The van der Waals surface area contributed by atoms with Crippen molar-refractivity contribution < 1.29 is 9.53 Å². The third-order valence-electron chi connectivity index (χ3n) is 6.69. The number of anilines is 2. The van der Waals surface area contributed by atoms with Gasteiger partial charge in [0, 0.05) is 61.7 Å². The van der Waals surface area contributed by atoms with Gasteiger partial charge in [0.05, 0.1) is 19.3 Å². The molecule has 0 aromatic heterocycles. The van der Waals surface area contributed by atoms with Gasteiger partial charge >= 0.3 is 0 Å². The molecule has 7 heteroatoms. The van der Waals surface area contributed by atoms with Crippen molar-refractivity contribution in [2.75, 3.05) is 62.7 Å². The highest BCUT2D eigenvalue weighted by Gasteiger charge is 2.28. The standard InChI is InChI=1S/C25H33ClN4O2/c1-19(23-5-3-4-6-24(23)26)28-11-13-29(14-12-28)20(2)25(31)27-21-7-9-22(10-8-21)30-15-17-32-18-16-30/h3-10,19-20H,11-18H2,1-2H3,(H,27,31). The van der Waals surface area contributed by atoms with Crippen molar-refractivity contribution in [3.63, 3.8) is 0 Å². The van der Waals surface area contributed by atoms with Crippen molar-refractivity contribution in [1.82, 2.24) is 9.80 Å². The molecule has 4 rings (SSSR count). The molecule has 1 amide bonds. The lowest BCUT2D eigenvalue weighted by molar-refractivity contribution is -0.121. The van der Waals surface area contributed by atoms with Crippen LogP contribution in [0.15, 0.2) is 48.5 Å². The van der Waals surface area contributed by atoms with Crippen LogP contribution >= 0.6 is 11.6 Å². The number of hydrogen-bond donors (Lipinski definition) is 1. The first-order valence-electron chi connectivity index (χ1n) is 11.5. The molecule has 32 heavy (non-hydrogen) atoms. The van der Waals surface area contributed by atoms with Crippen molar-refractivity contribution in [3.8, 4) is 0 Å². The van der Waals surface area contributed by atoms with Gasteiger partial charge in [0.2, 0.25) is 5.91 Å². The summed E-state index contributed by atoms with van der Waals surface area (Å²) in [5.41, 5.74) is 3.17. The van der Waals surface area contributed by atoms with Gasteiger partial charge in [0.25, 0.3) is 0 Å². The Hall–Kier alpha value is -2.12. The molecule has 0 saturated carbocycles. The van der Waals surface area contributed by atoms with Crippen LogP contribution in [0.3, 0.4) is 0 Å². The maximum Gasteiger partial charge on any atom is 0.241 e. The van der Waals surface area contributed by atoms with E-state index >= 15 is 0 Å². The molecule has 2 unspecified atom stereocenters. The fourth-order valence-corrected chi connectivity index (χ4v) is 4.81. The van der Waals surface area contributed by atoms with E-state index in [1.54, 1.807) is 0 Å². The summed E-state index contributed by atoms with van der Waals surface area (Å²) in [4.78, 5) is 19.9. The SMILES string of the molecule is CC(C(=O)Nc1ccc(N2CCOCC2)cc1)N1CCN(C(C)c2ccccc2Cl)CC1. The van der Waals surface area contributed by atoms with E-state index in [1.165, 1.54) is 5.69 Å². The lowest BCUT2D eigenvalue weighted by Gasteiger charge is -2.40. The Labute approximate surface area is 196 Å². The highest BCUT2D eigenvalue weighted by atomic mass is 35.5. The molecule has 6 nitrogen and oxygen atoms in total. The monoisotopic (exact) mass is 456 g/mol. The van der Waals surface area contributed by atoms with Crippen molar-refractivity contribution in [2.45, 2.75) is 25.9 Å². The van der Waals surface area contributed by atoms with Gasteiger partial charge in [-0.2, -0.15) is 0 Å². The maximum atomic E-state index is 12.9. The molecule has 2 aliphatic rings. The molecule has 2 aliphatic heterocycles. The summed E-state index contributed by atoms with van der Waals surface area (Å²) in [7, 11) is 0. The van der Waals surface area contributed by atoms with Gasteiger partial charge < -0.3 is 15.0 Å². The summed E-state index contributed by atoms with van der Waals surface area (Å²) in [6, 6.07) is 16.2. The predicted octanol–water partition coefficient (Wildman–Crippen LogP) is 3.88. The van der Waals surface area contributed by atoms with E-state index in [0.29, 0.717) is 0 Å². The number of nitrogens with one attached hydrogen (secondary N) is 1. The number of carbonyl (C=O) groups excluding carboxylic acids is 1. The summed E-state index contributed by atoms with van der Waals surface area (Å²) in [6.07, 6.45) is 0. The van der Waals surface area contributed by atoms with Crippen LogP contribution in [0.2, 0.25) is 5.02 Å². The van der Waals surface area contributed by atoms with Crippen LogP contribution in [-0.4, -0.2) is 74.2 Å². The first kappa shape index (κ1) is 23.1. The fraction of sp³-hybridized carbons (Fsp3) is 0.480. The molecule has 2 aromatic rings. The van der Waals surface area contributed by atoms with Crippen LogP contribution in [0.5, 0.6) is 0 Å². The summed E-state index contributed by atoms with van der Waals surface area (Å²) in [5.74, 6) is 0.0386. The molecular weight excluding hydrogens is 424 g/mol. The zero-order chi connectivity index (χ0) is 22.5. The lowest BCUT2D eigenvalue weighted by atomic mass is 10.1. The number of hydrogen-bond acceptors (Lipinski definition) is 5. The van der Waals surface area contributed by atoms with E-state index in [4.69, 9.17) is 16.3 Å². The molecule has 2 aromatic carbocycles. The van der Waals surface area contributed by atoms with E-state index in [1.807, 2.05) is 37.3 Å². The zero-order valence-electron chi connectivity index (χ0n) is 19.0. The van der Waals surface area contributed by atoms with Gasteiger partial charge in [-0.3, -0.25) is 14.6 Å². The van der Waals surface area contributed by atoms with Crippen molar-refractivity contribution in [3.05, 3.63) is 59.1 Å². The molecule has 2 heterocycles. The molecule has 2 fully saturated rings. The quantitative estimate of drug-likeness (QED) is 0.714. The highest BCUT2D eigenvalue weighted by molar-refractivity contribution is 6.31. The third-order valence-corrected chi connectivity index (χ3v) is 7.03. The van der Waals surface area contributed by atoms with E-state index in [9.17, 15) is 4.79 Å². The van der Waals surface area contributed by atoms with E-state index < -0.39 is 0 Å². The van der Waals surface area contributed by atoms with E-state index in [-0.39, 0.29) is 18.0 Å². The summed E-state index contributed by atoms with van der Waals surface area (Å²) >= 11 is 6.39. The Bertz CT molecular complexity index is 893. The van der Waals surface area contributed by atoms with Gasteiger partial charge in [-0.25, -0.2) is 0 Å². The van der Waals surface area contributed by atoms with Gasteiger partial charge in [-0.15, -0.1) is 0 Å². The molecule has 2 atom stereocenters. The zero-order valence-corrected chi connectivity index (χ0v) is 19.7. The molecule has 0 radical (unpaired) electrons. The number of carbonyl (C=O) groups is 1. The van der Waals surface area contributed by atoms with Crippen LogP contribution in [-0.2, 0) is 9.53 Å². The average Bonchev–Trinajstić information content (AvgIpc) is 2.84. The molecule has 1 N–H and O–H groups in total. The summed E-state index contributed by atoms with van der Waals surface area (Å²) in [6.45, 7) is 11.1. The second kappa shape index (κ2) is 10.7. The van der Waals surface area contributed by atoms with Gasteiger partial charge in [0.15, 0.2) is 0 Å². The molecular formula is C25H33ClN4O2. The maximum absolute atomic E-state index is 12.9. The molecule has 172 valence electrons. The Kier molecular flexibility index (Phi) is 7.68. The number of amides is 1. The topological polar surface area (TPSA) is 48.1 Å². The van der Waals surface area contributed by atoms with Crippen molar-refractivity contribution >= 4 is 28.9 Å². The summed E-state index contributed by atoms with van der Waals surface area (Å²) in [5, 5.41) is 3.90. The first-order chi connectivity index (χ1) is 15.5. The molecule has 0 spiro atoms. The molecule has 2 saturated heterocycles. The minimum absolute atomic E-state index is 0.0386.